The van der Waals surface area contributed by atoms with E-state index >= 15 is 0 Å². The predicted octanol–water partition coefficient (Wildman–Crippen LogP) is 1.69. The Labute approximate surface area is 110 Å². The first-order valence-electron chi connectivity index (χ1n) is 4.75. The molecule has 1 rings (SSSR count). The quantitative estimate of drug-likeness (QED) is 0.810. The van der Waals surface area contributed by atoms with Crippen molar-refractivity contribution in [2.75, 3.05) is 11.3 Å². The summed E-state index contributed by atoms with van der Waals surface area (Å²) in [6.07, 6.45) is 1.12. The molecule has 0 aromatic carbocycles. The van der Waals surface area contributed by atoms with E-state index in [-0.39, 0.29) is 21.9 Å². The average Bonchev–Trinajstić information content (AvgIpc) is 2.22. The second-order valence-electron chi connectivity index (χ2n) is 3.67. The molecule has 0 amide bonds. The Kier molecular flexibility index (Phi) is 4.93. The van der Waals surface area contributed by atoms with E-state index in [1.165, 1.54) is 0 Å². The predicted molar refractivity (Wildman–Crippen MR) is 67.4 cm³/mol. The van der Waals surface area contributed by atoms with Crippen LogP contribution in [-0.2, 0) is 10.2 Å². The Bertz CT molecular complexity index is 492. The number of aromatic nitrogens is 2. The van der Waals surface area contributed by atoms with Gasteiger partial charge in [0.15, 0.2) is 11.0 Å². The van der Waals surface area contributed by atoms with E-state index in [2.05, 4.69) is 19.4 Å². The molecule has 0 bridgehead atoms. The van der Waals surface area contributed by atoms with Crippen LogP contribution in [0.3, 0.4) is 0 Å². The maximum Gasteiger partial charge on any atom is 0.300 e. The van der Waals surface area contributed by atoms with Crippen molar-refractivity contribution in [1.82, 2.24) is 14.7 Å². The van der Waals surface area contributed by atoms with Crippen LogP contribution in [0, 0.1) is 5.92 Å². The van der Waals surface area contributed by atoms with Gasteiger partial charge >= 0.3 is 0 Å². The summed E-state index contributed by atoms with van der Waals surface area (Å²) in [5.74, 6) is 0.138. The van der Waals surface area contributed by atoms with E-state index < -0.39 is 10.2 Å². The minimum atomic E-state index is -3.70. The van der Waals surface area contributed by atoms with Crippen LogP contribution in [-0.4, -0.2) is 24.9 Å². The Morgan fingerprint density at radius 2 is 2.00 bits per heavy atom. The number of halogens is 2. The molecule has 1 aromatic rings. The normalized spacial score (nSPS) is 11.8. The van der Waals surface area contributed by atoms with Crippen LogP contribution < -0.4 is 9.44 Å². The first-order chi connectivity index (χ1) is 7.82. The maximum atomic E-state index is 11.6. The smallest absolute Gasteiger partial charge is 0.253 e. The lowest BCUT2D eigenvalue weighted by Gasteiger charge is -2.11. The Morgan fingerprint density at radius 1 is 1.35 bits per heavy atom. The minimum Gasteiger partial charge on any atom is -0.253 e. The molecule has 0 aliphatic heterocycles. The van der Waals surface area contributed by atoms with Gasteiger partial charge < -0.3 is 0 Å². The molecule has 0 aliphatic rings. The van der Waals surface area contributed by atoms with E-state index in [0.29, 0.717) is 6.54 Å². The van der Waals surface area contributed by atoms with Gasteiger partial charge in [0.05, 0.1) is 0 Å². The highest BCUT2D eigenvalue weighted by Crippen LogP contribution is 2.25. The number of anilines is 1. The SMILES string of the molecule is CC(C)CNS(=O)(=O)Nc1ncnc(Cl)c1Cl. The van der Waals surface area contributed by atoms with Gasteiger partial charge in [-0.25, -0.2) is 9.97 Å². The zero-order chi connectivity index (χ0) is 13.1. The van der Waals surface area contributed by atoms with Crippen molar-refractivity contribution < 1.29 is 8.42 Å². The van der Waals surface area contributed by atoms with Crippen molar-refractivity contribution in [2.24, 2.45) is 5.92 Å². The first-order valence-corrected chi connectivity index (χ1v) is 6.99. The molecule has 6 nitrogen and oxygen atoms in total. The number of hydrogen-bond acceptors (Lipinski definition) is 4. The average molecular weight is 299 g/mol. The fourth-order valence-corrected chi connectivity index (χ4v) is 2.23. The number of nitrogens with zero attached hydrogens (tertiary/aromatic N) is 2. The number of rotatable bonds is 5. The summed E-state index contributed by atoms with van der Waals surface area (Å²) in [5, 5.41) is -0.0488. The van der Waals surface area contributed by atoms with Gasteiger partial charge in [0.1, 0.15) is 11.3 Å². The van der Waals surface area contributed by atoms with Crippen LogP contribution in [0.1, 0.15) is 13.8 Å². The highest BCUT2D eigenvalue weighted by molar-refractivity contribution is 7.90. The second kappa shape index (κ2) is 5.81. The molecule has 0 saturated heterocycles. The van der Waals surface area contributed by atoms with Crippen LogP contribution in [0.4, 0.5) is 5.82 Å². The topological polar surface area (TPSA) is 84.0 Å². The second-order valence-corrected chi connectivity index (χ2v) is 5.91. The van der Waals surface area contributed by atoms with Crippen LogP contribution in [0.15, 0.2) is 6.33 Å². The molecular weight excluding hydrogens is 287 g/mol. The van der Waals surface area contributed by atoms with Crippen molar-refractivity contribution in [3.8, 4) is 0 Å². The Balaban J connectivity index is 2.80. The van der Waals surface area contributed by atoms with E-state index in [1.54, 1.807) is 0 Å². The third kappa shape index (κ3) is 4.63. The van der Waals surface area contributed by atoms with Crippen LogP contribution in [0.25, 0.3) is 0 Å². The van der Waals surface area contributed by atoms with Crippen molar-refractivity contribution in [2.45, 2.75) is 13.8 Å². The van der Waals surface area contributed by atoms with Gasteiger partial charge in [-0.1, -0.05) is 37.0 Å². The number of hydrogen-bond donors (Lipinski definition) is 2. The number of nitrogens with one attached hydrogen (secondary N) is 2. The van der Waals surface area contributed by atoms with E-state index in [1.807, 2.05) is 13.8 Å². The lowest BCUT2D eigenvalue weighted by molar-refractivity contribution is 0.564. The minimum absolute atomic E-state index is 0.0109. The van der Waals surface area contributed by atoms with E-state index in [0.717, 1.165) is 6.33 Å². The molecular formula is C8H12Cl2N4O2S. The molecule has 96 valence electrons. The standard InChI is InChI=1S/C8H12Cl2N4O2S/c1-5(2)3-13-17(15,16)14-8-6(9)7(10)11-4-12-8/h4-5,13H,3H2,1-2H3,(H,11,12,14). The Hall–Kier alpha value is -0.630. The summed E-state index contributed by atoms with van der Waals surface area (Å²) in [6, 6.07) is 0. The lowest BCUT2D eigenvalue weighted by Crippen LogP contribution is -2.33. The highest BCUT2D eigenvalue weighted by Gasteiger charge is 2.15. The van der Waals surface area contributed by atoms with Gasteiger partial charge in [-0.05, 0) is 5.92 Å². The highest BCUT2D eigenvalue weighted by atomic mass is 35.5. The van der Waals surface area contributed by atoms with E-state index in [4.69, 9.17) is 23.2 Å². The summed E-state index contributed by atoms with van der Waals surface area (Å²) in [7, 11) is -3.70. The lowest BCUT2D eigenvalue weighted by atomic mass is 10.2. The summed E-state index contributed by atoms with van der Waals surface area (Å²) >= 11 is 11.4. The maximum absolute atomic E-state index is 11.6. The van der Waals surface area contributed by atoms with Gasteiger partial charge in [-0.2, -0.15) is 13.1 Å². The Morgan fingerprint density at radius 3 is 2.59 bits per heavy atom. The molecule has 9 heteroatoms. The summed E-state index contributed by atoms with van der Waals surface area (Å²) in [6.45, 7) is 4.08. The van der Waals surface area contributed by atoms with Gasteiger partial charge in [-0.15, -0.1) is 0 Å². The van der Waals surface area contributed by atoms with Crippen molar-refractivity contribution >= 4 is 39.2 Å². The first kappa shape index (κ1) is 14.4. The third-order valence-electron chi connectivity index (χ3n) is 1.66. The molecule has 1 aromatic heterocycles. The van der Waals surface area contributed by atoms with E-state index in [9.17, 15) is 8.42 Å². The van der Waals surface area contributed by atoms with Crippen molar-refractivity contribution in [3.63, 3.8) is 0 Å². The molecule has 0 atom stereocenters. The van der Waals surface area contributed by atoms with Crippen LogP contribution in [0.5, 0.6) is 0 Å². The molecule has 0 unspecified atom stereocenters. The molecule has 0 radical (unpaired) electrons. The summed E-state index contributed by atoms with van der Waals surface area (Å²) in [4.78, 5) is 7.30. The fourth-order valence-electron chi connectivity index (χ4n) is 0.859. The zero-order valence-corrected chi connectivity index (χ0v) is 11.6. The van der Waals surface area contributed by atoms with Gasteiger partial charge in [0, 0.05) is 6.54 Å². The molecule has 0 aliphatic carbocycles. The van der Waals surface area contributed by atoms with Gasteiger partial charge in [0.25, 0.3) is 10.2 Å². The van der Waals surface area contributed by atoms with Gasteiger partial charge in [0.2, 0.25) is 0 Å². The molecule has 2 N–H and O–H groups in total. The fraction of sp³-hybridized carbons (Fsp3) is 0.500. The molecule has 0 fully saturated rings. The van der Waals surface area contributed by atoms with Crippen molar-refractivity contribution in [3.05, 3.63) is 16.5 Å². The molecule has 1 heterocycles. The summed E-state index contributed by atoms with van der Waals surface area (Å²) in [5.41, 5.74) is 0. The summed E-state index contributed by atoms with van der Waals surface area (Å²) < 4.78 is 27.7. The van der Waals surface area contributed by atoms with Crippen molar-refractivity contribution in [1.29, 1.82) is 0 Å². The van der Waals surface area contributed by atoms with Gasteiger partial charge in [-0.3, -0.25) is 4.72 Å². The third-order valence-corrected chi connectivity index (χ3v) is 3.41. The molecule has 0 spiro atoms. The zero-order valence-electron chi connectivity index (χ0n) is 9.24. The van der Waals surface area contributed by atoms with Crippen LogP contribution in [0.2, 0.25) is 10.2 Å². The molecule has 0 saturated carbocycles. The largest absolute Gasteiger partial charge is 0.300 e. The van der Waals surface area contributed by atoms with Crippen LogP contribution >= 0.6 is 23.2 Å². The monoisotopic (exact) mass is 298 g/mol. The molecule has 17 heavy (non-hydrogen) atoms.